The van der Waals surface area contributed by atoms with Crippen LogP contribution in [0.3, 0.4) is 0 Å². The van der Waals surface area contributed by atoms with Gasteiger partial charge in [0.25, 0.3) is 0 Å². The predicted molar refractivity (Wildman–Crippen MR) is 141 cm³/mol. The number of hydrogen-bond acceptors (Lipinski definition) is 3. The number of benzene rings is 3. The number of carbonyl (C=O) groups is 2. The Kier molecular flexibility index (Phi) is 6.94. The molecular formula is C31H34O5. The lowest BCUT2D eigenvalue weighted by Crippen LogP contribution is -2.33. The van der Waals surface area contributed by atoms with Crippen molar-refractivity contribution >= 4 is 11.9 Å². The molecule has 0 saturated carbocycles. The van der Waals surface area contributed by atoms with Crippen molar-refractivity contribution in [3.8, 4) is 16.9 Å². The highest BCUT2D eigenvalue weighted by Crippen LogP contribution is 2.46. The van der Waals surface area contributed by atoms with Crippen LogP contribution in [0.4, 0.5) is 0 Å². The van der Waals surface area contributed by atoms with Crippen LogP contribution in [-0.4, -0.2) is 22.2 Å². The Morgan fingerprint density at radius 1 is 0.861 bits per heavy atom. The molecule has 5 nitrogen and oxygen atoms in total. The van der Waals surface area contributed by atoms with E-state index in [2.05, 4.69) is 45.9 Å². The maximum atomic E-state index is 11.6. The molecule has 0 aromatic heterocycles. The summed E-state index contributed by atoms with van der Waals surface area (Å²) < 4.78 is 6.34. The van der Waals surface area contributed by atoms with Crippen molar-refractivity contribution < 1.29 is 24.5 Å². The van der Waals surface area contributed by atoms with Gasteiger partial charge in [0.15, 0.2) is 0 Å². The zero-order chi connectivity index (χ0) is 26.1. The van der Waals surface area contributed by atoms with Gasteiger partial charge in [0.1, 0.15) is 12.4 Å². The van der Waals surface area contributed by atoms with Crippen molar-refractivity contribution in [2.45, 2.75) is 70.8 Å². The maximum absolute atomic E-state index is 11.6. The number of aliphatic carboxylic acids is 1. The van der Waals surface area contributed by atoms with E-state index in [1.54, 1.807) is 18.2 Å². The third kappa shape index (κ3) is 5.30. The van der Waals surface area contributed by atoms with Gasteiger partial charge in [-0.15, -0.1) is 0 Å². The second-order valence-electron chi connectivity index (χ2n) is 11.0. The Bertz CT molecular complexity index is 1300. The minimum atomic E-state index is -1.01. The lowest BCUT2D eigenvalue weighted by molar-refractivity contribution is -0.136. The first kappa shape index (κ1) is 25.5. The summed E-state index contributed by atoms with van der Waals surface area (Å²) in [7, 11) is 0. The van der Waals surface area contributed by atoms with Crippen LogP contribution in [0.25, 0.3) is 11.1 Å². The smallest absolute Gasteiger partial charge is 0.335 e. The van der Waals surface area contributed by atoms with E-state index in [4.69, 9.17) is 4.74 Å². The summed E-state index contributed by atoms with van der Waals surface area (Å²) in [6.45, 7) is 9.56. The summed E-state index contributed by atoms with van der Waals surface area (Å²) in [4.78, 5) is 22.9. The van der Waals surface area contributed by atoms with Gasteiger partial charge in [0.2, 0.25) is 0 Å². The van der Waals surface area contributed by atoms with Gasteiger partial charge in [-0.25, -0.2) is 4.79 Å². The molecule has 5 heteroatoms. The summed E-state index contributed by atoms with van der Waals surface area (Å²) in [6, 6.07) is 18.9. The molecule has 0 radical (unpaired) electrons. The van der Waals surface area contributed by atoms with Gasteiger partial charge in [-0.05, 0) is 76.1 Å². The number of hydrogen-bond donors (Lipinski definition) is 2. The third-order valence-electron chi connectivity index (χ3n) is 7.43. The summed E-state index contributed by atoms with van der Waals surface area (Å²) in [5, 5.41) is 18.7. The van der Waals surface area contributed by atoms with E-state index in [-0.39, 0.29) is 22.8 Å². The van der Waals surface area contributed by atoms with Crippen LogP contribution >= 0.6 is 0 Å². The fourth-order valence-corrected chi connectivity index (χ4v) is 5.17. The van der Waals surface area contributed by atoms with Crippen LogP contribution < -0.4 is 4.74 Å². The molecule has 3 aromatic carbocycles. The lowest BCUT2D eigenvalue weighted by atomic mass is 9.63. The predicted octanol–water partition coefficient (Wildman–Crippen LogP) is 7.00. The normalized spacial score (nSPS) is 15.7. The van der Waals surface area contributed by atoms with Crippen LogP contribution in [0.1, 0.15) is 79.6 Å². The number of fused-ring (bicyclic) bond motifs is 1. The highest BCUT2D eigenvalue weighted by Gasteiger charge is 2.36. The molecule has 4 rings (SSSR count). The first-order valence-electron chi connectivity index (χ1n) is 12.4. The van der Waals surface area contributed by atoms with Crippen molar-refractivity contribution in [3.05, 3.63) is 88.5 Å². The fourth-order valence-electron chi connectivity index (χ4n) is 5.17. The SMILES string of the molecule is CC1(C)CCC(C)(C)c2cc(COc3cccc(CCC(=O)O)c3-c3cccc(C(=O)O)c3)ccc21. The molecule has 1 aliphatic carbocycles. The first-order chi connectivity index (χ1) is 17.0. The molecule has 0 amide bonds. The van der Waals surface area contributed by atoms with E-state index in [1.807, 2.05) is 24.3 Å². The van der Waals surface area contributed by atoms with Gasteiger partial charge in [-0.1, -0.05) is 70.2 Å². The molecule has 1 aliphatic rings. The van der Waals surface area contributed by atoms with Crippen molar-refractivity contribution in [3.63, 3.8) is 0 Å². The molecule has 3 aromatic rings. The Balaban J connectivity index is 1.70. The Morgan fingerprint density at radius 2 is 1.56 bits per heavy atom. The monoisotopic (exact) mass is 486 g/mol. The largest absolute Gasteiger partial charge is 0.488 e. The third-order valence-corrected chi connectivity index (χ3v) is 7.43. The van der Waals surface area contributed by atoms with Crippen LogP contribution in [-0.2, 0) is 28.7 Å². The quantitative estimate of drug-likeness (QED) is 0.358. The molecule has 0 bridgehead atoms. The zero-order valence-electron chi connectivity index (χ0n) is 21.4. The van der Waals surface area contributed by atoms with Crippen LogP contribution in [0.2, 0.25) is 0 Å². The van der Waals surface area contributed by atoms with E-state index in [1.165, 1.54) is 11.1 Å². The zero-order valence-corrected chi connectivity index (χ0v) is 21.4. The van der Waals surface area contributed by atoms with Gasteiger partial charge in [-0.2, -0.15) is 0 Å². The van der Waals surface area contributed by atoms with E-state index >= 15 is 0 Å². The summed E-state index contributed by atoms with van der Waals surface area (Å²) in [5.74, 6) is -1.29. The molecule has 188 valence electrons. The number of carboxylic acids is 2. The minimum absolute atomic E-state index is 0.0231. The highest BCUT2D eigenvalue weighted by molar-refractivity contribution is 5.90. The van der Waals surface area contributed by atoms with Gasteiger partial charge in [0, 0.05) is 12.0 Å². The molecule has 0 fully saturated rings. The van der Waals surface area contributed by atoms with Gasteiger partial charge < -0.3 is 14.9 Å². The van der Waals surface area contributed by atoms with E-state index in [0.717, 1.165) is 29.5 Å². The van der Waals surface area contributed by atoms with Gasteiger partial charge in [0.05, 0.1) is 5.56 Å². The van der Waals surface area contributed by atoms with E-state index < -0.39 is 11.9 Å². The fraction of sp³-hybridized carbons (Fsp3) is 0.355. The molecule has 0 saturated heterocycles. The van der Waals surface area contributed by atoms with Crippen LogP contribution in [0.15, 0.2) is 60.7 Å². The minimum Gasteiger partial charge on any atom is -0.488 e. The standard InChI is InChI=1S/C31H34O5/c1-30(2)15-16-31(3,4)25-17-20(11-13-24(25)30)19-36-26-10-6-7-21(12-14-27(32)33)28(26)22-8-5-9-23(18-22)29(34)35/h5-11,13,17-18H,12,14-16,19H2,1-4H3,(H,32,33)(H,34,35). The topological polar surface area (TPSA) is 83.8 Å². The number of aromatic carboxylic acids is 1. The molecular weight excluding hydrogens is 452 g/mol. The highest BCUT2D eigenvalue weighted by atomic mass is 16.5. The van der Waals surface area contributed by atoms with E-state index in [0.29, 0.717) is 24.3 Å². The molecule has 0 aliphatic heterocycles. The Morgan fingerprint density at radius 3 is 2.25 bits per heavy atom. The number of rotatable bonds is 8. The van der Waals surface area contributed by atoms with Gasteiger partial charge in [-0.3, -0.25) is 4.79 Å². The molecule has 2 N–H and O–H groups in total. The van der Waals surface area contributed by atoms with Crippen molar-refractivity contribution in [1.82, 2.24) is 0 Å². The molecule has 0 unspecified atom stereocenters. The van der Waals surface area contributed by atoms with Crippen molar-refractivity contribution in [1.29, 1.82) is 0 Å². The van der Waals surface area contributed by atoms with Crippen LogP contribution in [0, 0.1) is 0 Å². The number of ether oxygens (including phenoxy) is 1. The van der Waals surface area contributed by atoms with Crippen molar-refractivity contribution in [2.75, 3.05) is 0 Å². The average Bonchev–Trinajstić information content (AvgIpc) is 2.84. The Hall–Kier alpha value is -3.60. The molecule has 0 spiro atoms. The summed E-state index contributed by atoms with van der Waals surface area (Å²) in [5.41, 5.74) is 6.48. The number of carboxylic acid groups (broad SMARTS) is 2. The Labute approximate surface area is 212 Å². The van der Waals surface area contributed by atoms with Gasteiger partial charge >= 0.3 is 11.9 Å². The second kappa shape index (κ2) is 9.81. The summed E-state index contributed by atoms with van der Waals surface area (Å²) in [6.07, 6.45) is 2.59. The van der Waals surface area contributed by atoms with Crippen LogP contribution in [0.5, 0.6) is 5.75 Å². The molecule has 0 heterocycles. The average molecular weight is 487 g/mol. The maximum Gasteiger partial charge on any atom is 0.335 e. The molecule has 0 atom stereocenters. The molecule has 36 heavy (non-hydrogen) atoms. The van der Waals surface area contributed by atoms with E-state index in [9.17, 15) is 19.8 Å². The van der Waals surface area contributed by atoms with Crippen molar-refractivity contribution in [2.24, 2.45) is 0 Å². The summed E-state index contributed by atoms with van der Waals surface area (Å²) >= 11 is 0. The lowest BCUT2D eigenvalue weighted by Gasteiger charge is -2.42. The second-order valence-corrected chi connectivity index (χ2v) is 11.0. The number of aryl methyl sites for hydroxylation is 1. The first-order valence-corrected chi connectivity index (χ1v) is 12.4.